The van der Waals surface area contributed by atoms with Crippen molar-refractivity contribution in [1.82, 2.24) is 4.57 Å². The molecule has 1 aliphatic heterocycles. The molecule has 0 unspecified atom stereocenters. The van der Waals surface area contributed by atoms with Crippen molar-refractivity contribution in [2.45, 2.75) is 63.8 Å². The molecule has 5 rings (SSSR count). The summed E-state index contributed by atoms with van der Waals surface area (Å²) in [5, 5.41) is 10.7. The van der Waals surface area contributed by atoms with E-state index in [1.54, 1.807) is 12.3 Å². The maximum Gasteiger partial charge on any atom is 0.335 e. The minimum atomic E-state index is -0.860. The molecule has 0 bridgehead atoms. The normalized spacial score (nSPS) is 17.9. The highest BCUT2D eigenvalue weighted by Gasteiger charge is 2.29. The largest absolute Gasteiger partial charge is 0.478 e. The van der Waals surface area contributed by atoms with Gasteiger partial charge in [-0.3, -0.25) is 0 Å². The molecule has 4 heteroatoms. The zero-order chi connectivity index (χ0) is 18.4. The van der Waals surface area contributed by atoms with Gasteiger partial charge in [-0.2, -0.15) is 0 Å². The molecule has 4 nitrogen and oxygen atoms in total. The summed E-state index contributed by atoms with van der Waals surface area (Å²) in [6.45, 7) is 0.909. The molecule has 0 spiro atoms. The number of aryl methyl sites for hydroxylation is 2. The standard InChI is InChI=1S/C23H25NO3/c25-23(26)16-9-10-17-19(14-16)24-12-5-8-20-18(11-13-27-20)22(24)21(17)15-6-3-1-2-4-7-15/h9-11,13-15H,1-8,12H2,(H,25,26). The van der Waals surface area contributed by atoms with Gasteiger partial charge in [0.05, 0.1) is 17.5 Å². The summed E-state index contributed by atoms with van der Waals surface area (Å²) >= 11 is 0. The molecule has 2 aliphatic rings. The van der Waals surface area contributed by atoms with E-state index in [0.29, 0.717) is 11.5 Å². The number of aromatic carboxylic acids is 1. The van der Waals surface area contributed by atoms with E-state index in [-0.39, 0.29) is 0 Å². The van der Waals surface area contributed by atoms with Crippen LogP contribution in [-0.2, 0) is 13.0 Å². The number of carboxylic acid groups (broad SMARTS) is 1. The molecule has 0 saturated heterocycles. The van der Waals surface area contributed by atoms with Gasteiger partial charge < -0.3 is 14.1 Å². The smallest absolute Gasteiger partial charge is 0.335 e. The fraction of sp³-hybridized carbons (Fsp3) is 0.435. The summed E-state index contributed by atoms with van der Waals surface area (Å²) in [6, 6.07) is 7.78. The summed E-state index contributed by atoms with van der Waals surface area (Å²) in [7, 11) is 0. The first-order chi connectivity index (χ1) is 13.2. The Morgan fingerprint density at radius 3 is 2.67 bits per heavy atom. The van der Waals surface area contributed by atoms with Gasteiger partial charge in [-0.15, -0.1) is 0 Å². The number of hydrogen-bond acceptors (Lipinski definition) is 2. The first-order valence-corrected chi connectivity index (χ1v) is 10.2. The van der Waals surface area contributed by atoms with Crippen LogP contribution in [0.15, 0.2) is 34.9 Å². The van der Waals surface area contributed by atoms with E-state index in [9.17, 15) is 9.90 Å². The number of furan rings is 1. The van der Waals surface area contributed by atoms with E-state index in [2.05, 4.69) is 10.6 Å². The van der Waals surface area contributed by atoms with E-state index < -0.39 is 5.97 Å². The van der Waals surface area contributed by atoms with E-state index in [1.165, 1.54) is 60.7 Å². The lowest BCUT2D eigenvalue weighted by molar-refractivity contribution is 0.0697. The minimum absolute atomic E-state index is 0.367. The second-order valence-electron chi connectivity index (χ2n) is 8.00. The van der Waals surface area contributed by atoms with Gasteiger partial charge in [0, 0.05) is 29.4 Å². The number of fused-ring (bicyclic) bond motifs is 5. The van der Waals surface area contributed by atoms with Crippen molar-refractivity contribution in [2.75, 3.05) is 0 Å². The lowest BCUT2D eigenvalue weighted by atomic mass is 9.87. The molecular weight excluding hydrogens is 338 g/mol. The Balaban J connectivity index is 1.81. The lowest BCUT2D eigenvalue weighted by Gasteiger charge is -2.17. The highest BCUT2D eigenvalue weighted by molar-refractivity contribution is 5.98. The van der Waals surface area contributed by atoms with Crippen LogP contribution < -0.4 is 0 Å². The van der Waals surface area contributed by atoms with Crippen LogP contribution in [0.25, 0.3) is 22.2 Å². The van der Waals surface area contributed by atoms with Gasteiger partial charge in [0.2, 0.25) is 0 Å². The van der Waals surface area contributed by atoms with Crippen LogP contribution in [0.5, 0.6) is 0 Å². The Morgan fingerprint density at radius 2 is 1.89 bits per heavy atom. The summed E-state index contributed by atoms with van der Waals surface area (Å²) in [6.07, 6.45) is 11.4. The van der Waals surface area contributed by atoms with E-state index in [4.69, 9.17) is 4.42 Å². The van der Waals surface area contributed by atoms with Crippen LogP contribution in [-0.4, -0.2) is 15.6 Å². The molecule has 3 aromatic rings. The van der Waals surface area contributed by atoms with Crippen LogP contribution in [0.3, 0.4) is 0 Å². The fourth-order valence-electron chi connectivity index (χ4n) is 5.16. The second-order valence-corrected chi connectivity index (χ2v) is 8.00. The topological polar surface area (TPSA) is 55.4 Å². The molecule has 140 valence electrons. The lowest BCUT2D eigenvalue weighted by Crippen LogP contribution is -2.02. The summed E-state index contributed by atoms with van der Waals surface area (Å²) in [4.78, 5) is 11.6. The minimum Gasteiger partial charge on any atom is -0.478 e. The van der Waals surface area contributed by atoms with Crippen LogP contribution in [0.4, 0.5) is 0 Å². The Labute approximate surface area is 158 Å². The molecule has 1 aromatic carbocycles. The zero-order valence-corrected chi connectivity index (χ0v) is 15.5. The van der Waals surface area contributed by atoms with Gasteiger partial charge in [0.15, 0.2) is 0 Å². The van der Waals surface area contributed by atoms with E-state index in [1.807, 2.05) is 12.1 Å². The zero-order valence-electron chi connectivity index (χ0n) is 15.5. The molecule has 3 heterocycles. The third-order valence-corrected chi connectivity index (χ3v) is 6.40. The predicted molar refractivity (Wildman–Crippen MR) is 105 cm³/mol. The summed E-state index contributed by atoms with van der Waals surface area (Å²) in [5.74, 6) is 0.758. The highest BCUT2D eigenvalue weighted by atomic mass is 16.4. The van der Waals surface area contributed by atoms with E-state index >= 15 is 0 Å². The second kappa shape index (κ2) is 6.59. The quantitative estimate of drug-likeness (QED) is 0.570. The van der Waals surface area contributed by atoms with Crippen molar-refractivity contribution in [3.63, 3.8) is 0 Å². The van der Waals surface area contributed by atoms with Gasteiger partial charge in [-0.1, -0.05) is 31.7 Å². The van der Waals surface area contributed by atoms with Crippen molar-refractivity contribution in [2.24, 2.45) is 0 Å². The number of rotatable bonds is 2. The molecule has 1 aliphatic carbocycles. The maximum absolute atomic E-state index is 11.6. The van der Waals surface area contributed by atoms with Gasteiger partial charge in [-0.05, 0) is 48.9 Å². The highest BCUT2D eigenvalue weighted by Crippen LogP contribution is 2.45. The van der Waals surface area contributed by atoms with Gasteiger partial charge in [0.25, 0.3) is 0 Å². The van der Waals surface area contributed by atoms with Crippen LogP contribution in [0.2, 0.25) is 0 Å². The summed E-state index contributed by atoms with van der Waals surface area (Å²) in [5.41, 5.74) is 5.35. The molecule has 2 aromatic heterocycles. The average Bonchev–Trinajstić information content (AvgIpc) is 3.06. The molecule has 1 saturated carbocycles. The SMILES string of the molecule is O=C(O)c1ccc2c(C3CCCCCC3)c3n(c2c1)CCCc1occc1-3. The third kappa shape index (κ3) is 2.70. The maximum atomic E-state index is 11.6. The van der Waals surface area contributed by atoms with Crippen LogP contribution in [0, 0.1) is 0 Å². The Hall–Kier alpha value is -2.49. The predicted octanol–water partition coefficient (Wildman–Crippen LogP) is 5.98. The average molecular weight is 363 g/mol. The Morgan fingerprint density at radius 1 is 1.07 bits per heavy atom. The van der Waals surface area contributed by atoms with Crippen molar-refractivity contribution in [3.05, 3.63) is 47.4 Å². The van der Waals surface area contributed by atoms with Gasteiger partial charge in [0.1, 0.15) is 5.76 Å². The first-order valence-electron chi connectivity index (χ1n) is 10.2. The molecule has 0 radical (unpaired) electrons. The van der Waals surface area contributed by atoms with Crippen LogP contribution in [0.1, 0.15) is 72.5 Å². The first kappa shape index (κ1) is 16.7. The number of nitrogens with zero attached hydrogens (tertiary/aromatic N) is 1. The van der Waals surface area contributed by atoms with E-state index in [0.717, 1.165) is 30.7 Å². The Bertz CT molecular complexity index is 1000. The molecule has 1 N–H and O–H groups in total. The number of benzene rings is 1. The van der Waals surface area contributed by atoms with Gasteiger partial charge >= 0.3 is 5.97 Å². The third-order valence-electron chi connectivity index (χ3n) is 6.40. The summed E-state index contributed by atoms with van der Waals surface area (Å²) < 4.78 is 8.17. The number of aromatic nitrogens is 1. The van der Waals surface area contributed by atoms with Crippen LogP contribution >= 0.6 is 0 Å². The number of hydrogen-bond donors (Lipinski definition) is 1. The molecule has 27 heavy (non-hydrogen) atoms. The number of carboxylic acids is 1. The Kier molecular flexibility index (Phi) is 4.07. The fourth-order valence-corrected chi connectivity index (χ4v) is 5.16. The number of carbonyl (C=O) groups is 1. The molecule has 0 atom stereocenters. The molecular formula is C23H25NO3. The van der Waals surface area contributed by atoms with Crippen molar-refractivity contribution in [1.29, 1.82) is 0 Å². The monoisotopic (exact) mass is 363 g/mol. The van der Waals surface area contributed by atoms with Gasteiger partial charge in [-0.25, -0.2) is 4.79 Å². The van der Waals surface area contributed by atoms with Crippen molar-refractivity contribution in [3.8, 4) is 11.3 Å². The van der Waals surface area contributed by atoms with Crippen molar-refractivity contribution >= 4 is 16.9 Å². The molecule has 1 fully saturated rings. The van der Waals surface area contributed by atoms with Crippen molar-refractivity contribution < 1.29 is 14.3 Å². The molecule has 0 amide bonds.